The predicted octanol–water partition coefficient (Wildman–Crippen LogP) is 2.82. The van der Waals surface area contributed by atoms with Crippen LogP contribution in [0.2, 0.25) is 0 Å². The highest BCUT2D eigenvalue weighted by atomic mass is 79.9. The standard InChI is InChI=1S/C12H17BrN4O2/c13-8-6-15-7-11(17(18)19)12(8)16-10-5-3-1-2-4-9(10)14/h6-7,9-10H,1-5,14H2,(H,15,16). The third-order valence-electron chi connectivity index (χ3n) is 3.48. The molecule has 1 aromatic rings. The Morgan fingerprint density at radius 1 is 1.37 bits per heavy atom. The van der Waals surface area contributed by atoms with Gasteiger partial charge in [0, 0.05) is 18.3 Å². The lowest BCUT2D eigenvalue weighted by atomic mass is 10.0. The van der Waals surface area contributed by atoms with Crippen LogP contribution in [0.1, 0.15) is 32.1 Å². The van der Waals surface area contributed by atoms with E-state index in [0.29, 0.717) is 10.2 Å². The molecule has 19 heavy (non-hydrogen) atoms. The molecule has 3 N–H and O–H groups in total. The van der Waals surface area contributed by atoms with E-state index in [4.69, 9.17) is 5.73 Å². The zero-order valence-electron chi connectivity index (χ0n) is 10.5. The van der Waals surface area contributed by atoms with Crippen LogP contribution in [0.4, 0.5) is 11.4 Å². The molecule has 2 atom stereocenters. The lowest BCUT2D eigenvalue weighted by Gasteiger charge is -2.24. The normalized spacial score (nSPS) is 23.7. The molecule has 104 valence electrons. The van der Waals surface area contributed by atoms with Crippen LogP contribution in [0.15, 0.2) is 16.9 Å². The van der Waals surface area contributed by atoms with E-state index in [1.807, 2.05) is 0 Å². The minimum absolute atomic E-state index is 0.0224. The molecule has 1 aromatic heterocycles. The van der Waals surface area contributed by atoms with Gasteiger partial charge in [-0.3, -0.25) is 15.1 Å². The van der Waals surface area contributed by atoms with Crippen LogP contribution in [0.5, 0.6) is 0 Å². The molecular weight excluding hydrogens is 312 g/mol. The van der Waals surface area contributed by atoms with Gasteiger partial charge in [-0.15, -0.1) is 0 Å². The van der Waals surface area contributed by atoms with Crippen LogP contribution in [0.3, 0.4) is 0 Å². The van der Waals surface area contributed by atoms with Crippen molar-refractivity contribution in [1.82, 2.24) is 4.98 Å². The van der Waals surface area contributed by atoms with Crippen molar-refractivity contribution in [3.63, 3.8) is 0 Å². The SMILES string of the molecule is NC1CCCCCC1Nc1c(Br)cncc1[N+](=O)[O-]. The Morgan fingerprint density at radius 3 is 2.84 bits per heavy atom. The first-order valence-electron chi connectivity index (χ1n) is 6.39. The zero-order chi connectivity index (χ0) is 13.8. The summed E-state index contributed by atoms with van der Waals surface area (Å²) in [6, 6.07) is 0.0991. The van der Waals surface area contributed by atoms with Gasteiger partial charge in [0.05, 0.1) is 9.40 Å². The number of nitrogens with zero attached hydrogens (tertiary/aromatic N) is 2. The summed E-state index contributed by atoms with van der Waals surface area (Å²) in [5.41, 5.74) is 6.59. The fourth-order valence-electron chi connectivity index (χ4n) is 2.41. The van der Waals surface area contributed by atoms with Crippen molar-refractivity contribution >= 4 is 27.3 Å². The fraction of sp³-hybridized carbons (Fsp3) is 0.583. The molecule has 1 aliphatic rings. The van der Waals surface area contributed by atoms with E-state index >= 15 is 0 Å². The van der Waals surface area contributed by atoms with Crippen molar-refractivity contribution in [2.45, 2.75) is 44.2 Å². The summed E-state index contributed by atoms with van der Waals surface area (Å²) < 4.78 is 0.596. The maximum absolute atomic E-state index is 11.0. The first-order valence-corrected chi connectivity index (χ1v) is 7.19. The monoisotopic (exact) mass is 328 g/mol. The van der Waals surface area contributed by atoms with E-state index in [0.717, 1.165) is 25.7 Å². The smallest absolute Gasteiger partial charge is 0.311 e. The van der Waals surface area contributed by atoms with Crippen LogP contribution >= 0.6 is 15.9 Å². The van der Waals surface area contributed by atoms with Crippen molar-refractivity contribution in [3.05, 3.63) is 27.0 Å². The van der Waals surface area contributed by atoms with Gasteiger partial charge in [-0.2, -0.15) is 0 Å². The van der Waals surface area contributed by atoms with Crippen LogP contribution in [0, 0.1) is 10.1 Å². The van der Waals surface area contributed by atoms with Crippen molar-refractivity contribution in [2.75, 3.05) is 5.32 Å². The molecule has 1 aliphatic carbocycles. The molecular formula is C12H17BrN4O2. The molecule has 0 aliphatic heterocycles. The van der Waals surface area contributed by atoms with Gasteiger partial charge in [-0.25, -0.2) is 0 Å². The highest BCUT2D eigenvalue weighted by Crippen LogP contribution is 2.33. The maximum atomic E-state index is 11.0. The van der Waals surface area contributed by atoms with Gasteiger partial charge in [0.15, 0.2) is 0 Å². The molecule has 1 saturated carbocycles. The van der Waals surface area contributed by atoms with E-state index in [-0.39, 0.29) is 17.8 Å². The van der Waals surface area contributed by atoms with Gasteiger partial charge in [0.1, 0.15) is 11.9 Å². The van der Waals surface area contributed by atoms with Gasteiger partial charge < -0.3 is 11.1 Å². The Balaban J connectivity index is 2.24. The summed E-state index contributed by atoms with van der Waals surface area (Å²) in [6.45, 7) is 0. The first-order chi connectivity index (χ1) is 9.09. The number of pyridine rings is 1. The topological polar surface area (TPSA) is 94.1 Å². The molecule has 0 bridgehead atoms. The number of hydrogen-bond acceptors (Lipinski definition) is 5. The molecule has 7 heteroatoms. The molecule has 2 unspecified atom stereocenters. The Kier molecular flexibility index (Phi) is 4.71. The van der Waals surface area contributed by atoms with Crippen LogP contribution in [-0.2, 0) is 0 Å². The average Bonchev–Trinajstić information content (AvgIpc) is 2.57. The minimum Gasteiger partial charge on any atom is -0.374 e. The van der Waals surface area contributed by atoms with Gasteiger partial charge in [0.2, 0.25) is 0 Å². The number of halogens is 1. The first kappa shape index (κ1) is 14.2. The Hall–Kier alpha value is -1.21. The number of nitrogens with two attached hydrogens (primary N) is 1. The highest BCUT2D eigenvalue weighted by Gasteiger charge is 2.25. The average molecular weight is 329 g/mol. The molecule has 0 radical (unpaired) electrons. The summed E-state index contributed by atoms with van der Waals surface area (Å²) in [7, 11) is 0. The lowest BCUT2D eigenvalue weighted by Crippen LogP contribution is -2.39. The van der Waals surface area contributed by atoms with Crippen LogP contribution in [0.25, 0.3) is 0 Å². The molecule has 2 rings (SSSR count). The summed E-state index contributed by atoms with van der Waals surface area (Å²) in [6.07, 6.45) is 8.10. The Bertz CT molecular complexity index is 469. The van der Waals surface area contributed by atoms with E-state index < -0.39 is 4.92 Å². The quantitative estimate of drug-likeness (QED) is 0.505. The second-order valence-electron chi connectivity index (χ2n) is 4.83. The van der Waals surface area contributed by atoms with Crippen molar-refractivity contribution < 1.29 is 4.92 Å². The van der Waals surface area contributed by atoms with Gasteiger partial charge >= 0.3 is 5.69 Å². The number of nitrogens with one attached hydrogen (secondary N) is 1. The zero-order valence-corrected chi connectivity index (χ0v) is 12.1. The Morgan fingerprint density at radius 2 is 2.11 bits per heavy atom. The largest absolute Gasteiger partial charge is 0.374 e. The second-order valence-corrected chi connectivity index (χ2v) is 5.68. The third kappa shape index (κ3) is 3.42. The van der Waals surface area contributed by atoms with Crippen molar-refractivity contribution in [1.29, 1.82) is 0 Å². The number of aromatic nitrogens is 1. The van der Waals surface area contributed by atoms with E-state index in [1.54, 1.807) is 6.20 Å². The maximum Gasteiger partial charge on any atom is 0.311 e. The number of hydrogen-bond donors (Lipinski definition) is 2. The van der Waals surface area contributed by atoms with E-state index in [1.165, 1.54) is 12.6 Å². The van der Waals surface area contributed by atoms with Gasteiger partial charge in [0.25, 0.3) is 0 Å². The lowest BCUT2D eigenvalue weighted by molar-refractivity contribution is -0.384. The Labute approximate surface area is 120 Å². The van der Waals surface area contributed by atoms with Crippen LogP contribution < -0.4 is 11.1 Å². The predicted molar refractivity (Wildman–Crippen MR) is 77.1 cm³/mol. The molecule has 0 spiro atoms. The van der Waals surface area contributed by atoms with Crippen molar-refractivity contribution in [2.24, 2.45) is 5.73 Å². The van der Waals surface area contributed by atoms with Crippen molar-refractivity contribution in [3.8, 4) is 0 Å². The molecule has 6 nitrogen and oxygen atoms in total. The molecule has 1 fully saturated rings. The molecule has 1 heterocycles. The highest BCUT2D eigenvalue weighted by molar-refractivity contribution is 9.10. The number of anilines is 1. The summed E-state index contributed by atoms with van der Waals surface area (Å²) >= 11 is 3.31. The van der Waals surface area contributed by atoms with E-state index in [9.17, 15) is 10.1 Å². The van der Waals surface area contributed by atoms with Crippen LogP contribution in [-0.4, -0.2) is 22.0 Å². The number of rotatable bonds is 3. The summed E-state index contributed by atoms with van der Waals surface area (Å²) in [5, 5.41) is 14.3. The summed E-state index contributed by atoms with van der Waals surface area (Å²) in [5.74, 6) is 0. The number of nitro groups is 1. The fourth-order valence-corrected chi connectivity index (χ4v) is 2.84. The minimum atomic E-state index is -0.428. The van der Waals surface area contributed by atoms with Gasteiger partial charge in [-0.05, 0) is 28.8 Å². The molecule has 0 aromatic carbocycles. The second kappa shape index (κ2) is 6.29. The molecule has 0 saturated heterocycles. The van der Waals surface area contributed by atoms with E-state index in [2.05, 4.69) is 26.2 Å². The van der Waals surface area contributed by atoms with Gasteiger partial charge in [-0.1, -0.05) is 19.3 Å². The summed E-state index contributed by atoms with van der Waals surface area (Å²) in [4.78, 5) is 14.4. The third-order valence-corrected chi connectivity index (χ3v) is 4.08. The molecule has 0 amide bonds.